The lowest BCUT2D eigenvalue weighted by atomic mass is 9.76. The Morgan fingerprint density at radius 1 is 1.07 bits per heavy atom. The average Bonchev–Trinajstić information content (AvgIpc) is 3.47. The number of hydrogen-bond donors (Lipinski definition) is 1. The first-order chi connectivity index (χ1) is 14.7. The van der Waals surface area contributed by atoms with Crippen LogP contribution in [0.1, 0.15) is 64.3 Å². The van der Waals surface area contributed by atoms with E-state index in [0.717, 1.165) is 36.5 Å². The molecule has 0 bridgehead atoms. The number of rotatable bonds is 5. The predicted molar refractivity (Wildman–Crippen MR) is 121 cm³/mol. The van der Waals surface area contributed by atoms with Gasteiger partial charge in [0.15, 0.2) is 0 Å². The van der Waals surface area contributed by atoms with Crippen molar-refractivity contribution < 1.29 is 5.11 Å². The first-order valence-corrected chi connectivity index (χ1v) is 12.2. The maximum absolute atomic E-state index is 13.2. The van der Waals surface area contributed by atoms with E-state index in [2.05, 4.69) is 11.0 Å². The van der Waals surface area contributed by atoms with Gasteiger partial charge < -0.3 is 10.0 Å². The van der Waals surface area contributed by atoms with E-state index in [0.29, 0.717) is 12.0 Å². The smallest absolute Gasteiger partial charge is 0.329 e. The highest BCUT2D eigenvalue weighted by molar-refractivity contribution is 5.76. The van der Waals surface area contributed by atoms with Gasteiger partial charge >= 0.3 is 5.69 Å². The van der Waals surface area contributed by atoms with Crippen LogP contribution < -0.4 is 5.69 Å². The first-order valence-electron chi connectivity index (χ1n) is 12.2. The van der Waals surface area contributed by atoms with Crippen LogP contribution in [-0.2, 0) is 6.54 Å². The van der Waals surface area contributed by atoms with Gasteiger partial charge in [0.25, 0.3) is 0 Å². The van der Waals surface area contributed by atoms with Crippen LogP contribution in [0.3, 0.4) is 0 Å². The summed E-state index contributed by atoms with van der Waals surface area (Å²) in [5, 5.41) is 10.3. The van der Waals surface area contributed by atoms with E-state index in [1.807, 2.05) is 34.3 Å². The Hall–Kier alpha value is -1.59. The molecule has 1 aliphatic heterocycles. The highest BCUT2D eigenvalue weighted by Gasteiger charge is 2.45. The zero-order valence-electron chi connectivity index (χ0n) is 18.4. The monoisotopic (exact) mass is 411 g/mol. The molecule has 2 heterocycles. The molecule has 0 amide bonds. The molecule has 164 valence electrons. The molecule has 1 aromatic heterocycles. The summed E-state index contributed by atoms with van der Waals surface area (Å²) >= 11 is 0. The number of fused-ring (bicyclic) bond motifs is 1. The molecule has 2 aromatic rings. The minimum absolute atomic E-state index is 0.0799. The summed E-state index contributed by atoms with van der Waals surface area (Å²) < 4.78 is 3.86. The van der Waals surface area contributed by atoms with Crippen LogP contribution in [0, 0.1) is 17.3 Å². The molecule has 3 fully saturated rings. The molecule has 5 rings (SSSR count). The minimum atomic E-state index is 0.0799. The second-order valence-corrected chi connectivity index (χ2v) is 10.1. The Kier molecular flexibility index (Phi) is 5.53. The number of aromatic nitrogens is 2. The molecule has 1 unspecified atom stereocenters. The van der Waals surface area contributed by atoms with E-state index < -0.39 is 0 Å². The topological polar surface area (TPSA) is 50.4 Å². The van der Waals surface area contributed by atoms with Crippen LogP contribution in [0.25, 0.3) is 11.0 Å². The third-order valence-corrected chi connectivity index (χ3v) is 8.70. The molecule has 2 aliphatic carbocycles. The van der Waals surface area contributed by atoms with Crippen LogP contribution in [0.5, 0.6) is 0 Å². The van der Waals surface area contributed by atoms with Crippen molar-refractivity contribution in [3.05, 3.63) is 34.7 Å². The summed E-state index contributed by atoms with van der Waals surface area (Å²) in [6.07, 6.45) is 10.9. The average molecular weight is 412 g/mol. The highest BCUT2D eigenvalue weighted by Crippen LogP contribution is 2.54. The molecule has 1 aromatic carbocycles. The van der Waals surface area contributed by atoms with Gasteiger partial charge in [0.1, 0.15) is 0 Å². The van der Waals surface area contributed by atoms with Crippen LogP contribution in [-0.4, -0.2) is 45.4 Å². The molecular weight excluding hydrogens is 374 g/mol. The lowest BCUT2D eigenvalue weighted by Crippen LogP contribution is -2.47. The van der Waals surface area contributed by atoms with Gasteiger partial charge in [-0.2, -0.15) is 0 Å². The van der Waals surface area contributed by atoms with E-state index in [1.54, 1.807) is 0 Å². The Bertz CT molecular complexity index is 934. The Labute approximate surface area is 179 Å². The number of benzene rings is 1. The zero-order valence-corrected chi connectivity index (χ0v) is 18.4. The lowest BCUT2D eigenvalue weighted by molar-refractivity contribution is 0.0508. The first kappa shape index (κ1) is 20.3. The van der Waals surface area contributed by atoms with Gasteiger partial charge in [0.2, 0.25) is 0 Å². The number of piperidine rings is 1. The van der Waals surface area contributed by atoms with Gasteiger partial charge in [-0.15, -0.1) is 0 Å². The van der Waals surface area contributed by atoms with Crippen molar-refractivity contribution in [1.82, 2.24) is 14.0 Å². The molecule has 1 N–H and O–H groups in total. The minimum Gasteiger partial charge on any atom is -0.396 e. The van der Waals surface area contributed by atoms with E-state index in [9.17, 15) is 9.90 Å². The van der Waals surface area contributed by atoms with Gasteiger partial charge in [-0.25, -0.2) is 4.79 Å². The molecule has 1 saturated heterocycles. The molecule has 30 heavy (non-hydrogen) atoms. The van der Waals surface area contributed by atoms with E-state index in [4.69, 9.17) is 0 Å². The normalized spacial score (nSPS) is 29.3. The van der Waals surface area contributed by atoms with E-state index in [1.165, 1.54) is 51.5 Å². The molecule has 5 nitrogen and oxygen atoms in total. The molecular formula is C25H37N3O2. The third-order valence-electron chi connectivity index (χ3n) is 8.70. The van der Waals surface area contributed by atoms with Crippen molar-refractivity contribution in [2.24, 2.45) is 17.3 Å². The van der Waals surface area contributed by atoms with Crippen molar-refractivity contribution in [3.63, 3.8) is 0 Å². The maximum Gasteiger partial charge on any atom is 0.329 e. The summed E-state index contributed by atoms with van der Waals surface area (Å²) in [7, 11) is 0. The standard InChI is InChI=1S/C25H37N3O2/c1-2-27-22-9-3-4-10-23(22)28(24(27)30)21-11-15-26(16-19(21)18-29)17-20-8-7-14-25(20)12-5-6-13-25/h3-4,9-10,19-21,29H,2,5-8,11-18H2,1H3/t19-,20?,21+/m0/s1. The van der Waals surface area contributed by atoms with Gasteiger partial charge in [0, 0.05) is 44.7 Å². The zero-order chi connectivity index (χ0) is 20.7. The van der Waals surface area contributed by atoms with Crippen LogP contribution in [0.15, 0.2) is 29.1 Å². The third kappa shape index (κ3) is 3.25. The fraction of sp³-hybridized carbons (Fsp3) is 0.720. The number of hydrogen-bond acceptors (Lipinski definition) is 3. The van der Waals surface area contributed by atoms with Crippen molar-refractivity contribution in [3.8, 4) is 0 Å². The van der Waals surface area contributed by atoms with Crippen molar-refractivity contribution >= 4 is 11.0 Å². The van der Waals surface area contributed by atoms with Crippen molar-refractivity contribution in [1.29, 1.82) is 0 Å². The highest BCUT2D eigenvalue weighted by atomic mass is 16.3. The summed E-state index contributed by atoms with van der Waals surface area (Å²) in [5.74, 6) is 0.953. The SMILES string of the molecule is CCn1c(=O)n([C@@H]2CCN(CC3CCCC34CCCC4)C[C@H]2CO)c2ccccc21. The molecule has 0 radical (unpaired) electrons. The Morgan fingerprint density at radius 2 is 1.80 bits per heavy atom. The number of imidazole rings is 1. The van der Waals surface area contributed by atoms with Crippen LogP contribution >= 0.6 is 0 Å². The van der Waals surface area contributed by atoms with Crippen LogP contribution in [0.4, 0.5) is 0 Å². The van der Waals surface area contributed by atoms with E-state index in [-0.39, 0.29) is 24.3 Å². The van der Waals surface area contributed by atoms with Crippen LogP contribution in [0.2, 0.25) is 0 Å². The largest absolute Gasteiger partial charge is 0.396 e. The Balaban J connectivity index is 1.37. The van der Waals surface area contributed by atoms with Gasteiger partial charge in [-0.1, -0.05) is 31.4 Å². The molecule has 1 spiro atoms. The number of aryl methyl sites for hydroxylation is 1. The molecule has 3 atom stereocenters. The summed E-state index contributed by atoms with van der Waals surface area (Å²) in [4.78, 5) is 15.8. The fourth-order valence-electron chi connectivity index (χ4n) is 7.18. The maximum atomic E-state index is 13.2. The van der Waals surface area contributed by atoms with E-state index >= 15 is 0 Å². The van der Waals surface area contributed by atoms with Gasteiger partial charge in [-0.3, -0.25) is 9.13 Å². The number of aliphatic hydroxyl groups excluding tert-OH is 1. The summed E-state index contributed by atoms with van der Waals surface area (Å²) in [5.41, 5.74) is 2.73. The van der Waals surface area contributed by atoms with Crippen molar-refractivity contribution in [2.75, 3.05) is 26.2 Å². The molecule has 5 heteroatoms. The summed E-state index contributed by atoms with van der Waals surface area (Å²) in [6.45, 7) is 5.99. The summed E-state index contributed by atoms with van der Waals surface area (Å²) in [6, 6.07) is 8.21. The number of nitrogens with zero attached hydrogens (tertiary/aromatic N) is 3. The predicted octanol–water partition coefficient (Wildman–Crippen LogP) is 4.04. The second kappa shape index (κ2) is 8.16. The number of aliphatic hydroxyl groups is 1. The molecule has 2 saturated carbocycles. The van der Waals surface area contributed by atoms with Crippen molar-refractivity contribution in [2.45, 2.75) is 70.9 Å². The van der Waals surface area contributed by atoms with Gasteiger partial charge in [-0.05, 0) is 62.5 Å². The Morgan fingerprint density at radius 3 is 2.53 bits per heavy atom. The fourth-order valence-corrected chi connectivity index (χ4v) is 7.18. The molecule has 3 aliphatic rings. The quantitative estimate of drug-likeness (QED) is 0.808. The second-order valence-electron chi connectivity index (χ2n) is 10.1. The lowest BCUT2D eigenvalue weighted by Gasteiger charge is -2.42. The number of likely N-dealkylation sites (tertiary alicyclic amines) is 1. The number of para-hydroxylation sites is 2. The van der Waals surface area contributed by atoms with Gasteiger partial charge in [0.05, 0.1) is 11.0 Å².